The molecule has 0 amide bonds. The van der Waals surface area contributed by atoms with E-state index in [1.807, 2.05) is 23.9 Å². The number of aromatic amines is 1. The molecule has 170 valence electrons. The Morgan fingerprint density at radius 1 is 1.24 bits per heavy atom. The van der Waals surface area contributed by atoms with E-state index in [9.17, 15) is 4.79 Å². The van der Waals surface area contributed by atoms with Crippen LogP contribution in [0.5, 0.6) is 0 Å². The Labute approximate surface area is 190 Å². The van der Waals surface area contributed by atoms with Gasteiger partial charge in [0.25, 0.3) is 0 Å². The summed E-state index contributed by atoms with van der Waals surface area (Å²) in [4.78, 5) is 26.4. The molecule has 1 fully saturated rings. The number of carbonyl (C=O) groups excluding carboxylic acids is 1. The third-order valence-electron chi connectivity index (χ3n) is 6.09. The van der Waals surface area contributed by atoms with Crippen LogP contribution in [0.1, 0.15) is 23.7 Å². The first-order chi connectivity index (χ1) is 16.0. The number of nitrogen functional groups attached to an aromatic ring is 1. The summed E-state index contributed by atoms with van der Waals surface area (Å²) in [5.41, 5.74) is 9.48. The van der Waals surface area contributed by atoms with E-state index in [1.54, 1.807) is 19.2 Å². The van der Waals surface area contributed by atoms with Crippen LogP contribution in [0.15, 0.2) is 36.8 Å². The Balaban J connectivity index is 1.73. The number of imidazole rings is 1. The number of nitrogens with one attached hydrogen (secondary N) is 1. The van der Waals surface area contributed by atoms with Gasteiger partial charge in [0.15, 0.2) is 5.78 Å². The molecule has 4 aromatic rings. The van der Waals surface area contributed by atoms with Gasteiger partial charge in [0.1, 0.15) is 17.5 Å². The molecule has 1 saturated heterocycles. The van der Waals surface area contributed by atoms with Crippen molar-refractivity contribution in [1.82, 2.24) is 19.5 Å². The third-order valence-corrected chi connectivity index (χ3v) is 6.09. The number of morpholine rings is 1. The maximum atomic E-state index is 15.8. The van der Waals surface area contributed by atoms with Crippen molar-refractivity contribution in [2.24, 2.45) is 7.05 Å². The summed E-state index contributed by atoms with van der Waals surface area (Å²) in [6.07, 6.45) is 5.35. The minimum Gasteiger partial charge on any atom is -0.382 e. The number of aromatic nitrogens is 4. The average molecular weight is 449 g/mol. The Kier molecular flexibility index (Phi) is 5.33. The number of ketones is 1. The first-order valence-electron chi connectivity index (χ1n) is 10.9. The van der Waals surface area contributed by atoms with Crippen molar-refractivity contribution in [2.75, 3.05) is 36.9 Å². The minimum atomic E-state index is -0.390. The molecule has 8 nitrogen and oxygen atoms in total. The van der Waals surface area contributed by atoms with Gasteiger partial charge in [-0.2, -0.15) is 0 Å². The highest BCUT2D eigenvalue weighted by Crippen LogP contribution is 2.39. The lowest BCUT2D eigenvalue weighted by Gasteiger charge is -2.31. The van der Waals surface area contributed by atoms with E-state index in [-0.39, 0.29) is 11.6 Å². The van der Waals surface area contributed by atoms with Crippen molar-refractivity contribution in [2.45, 2.75) is 13.3 Å². The van der Waals surface area contributed by atoms with Crippen LogP contribution in [0.25, 0.3) is 33.5 Å². The fourth-order valence-corrected chi connectivity index (χ4v) is 4.37. The van der Waals surface area contributed by atoms with E-state index in [1.165, 1.54) is 12.3 Å². The highest BCUT2D eigenvalue weighted by molar-refractivity contribution is 6.10. The van der Waals surface area contributed by atoms with Crippen LogP contribution in [0.3, 0.4) is 0 Å². The number of fused-ring (bicyclic) bond motifs is 1. The molecule has 1 aromatic carbocycles. The van der Waals surface area contributed by atoms with Crippen molar-refractivity contribution in [3.63, 3.8) is 0 Å². The average Bonchev–Trinajstić information content (AvgIpc) is 3.46. The van der Waals surface area contributed by atoms with Crippen LogP contribution < -0.4 is 10.6 Å². The minimum absolute atomic E-state index is 0.0444. The number of pyridine rings is 1. The molecule has 3 aromatic heterocycles. The molecular weight excluding hydrogens is 423 g/mol. The van der Waals surface area contributed by atoms with Crippen molar-refractivity contribution in [3.05, 3.63) is 48.2 Å². The van der Waals surface area contributed by atoms with Gasteiger partial charge in [-0.3, -0.25) is 4.79 Å². The van der Waals surface area contributed by atoms with Crippen molar-refractivity contribution in [3.8, 4) is 22.6 Å². The number of anilines is 2. The highest BCUT2D eigenvalue weighted by atomic mass is 19.1. The molecule has 1 aliphatic rings. The normalized spacial score (nSPS) is 14.2. The lowest BCUT2D eigenvalue weighted by atomic mass is 10.0. The van der Waals surface area contributed by atoms with Gasteiger partial charge < -0.3 is 24.9 Å². The number of aryl methyl sites for hydroxylation is 1. The second-order valence-electron chi connectivity index (χ2n) is 8.12. The number of H-pyrrole nitrogens is 1. The number of ether oxygens (including phenoxy) is 1. The van der Waals surface area contributed by atoms with Crippen LogP contribution in [0.2, 0.25) is 0 Å². The van der Waals surface area contributed by atoms with Gasteiger partial charge in [0, 0.05) is 67.3 Å². The predicted molar refractivity (Wildman–Crippen MR) is 126 cm³/mol. The molecule has 0 aliphatic carbocycles. The standard InChI is InChI=1S/C24H25FN6O2/c1-3-20(32)16-13-28-23(26)22-15(16)12-18(29-22)21-17(25)10-14(24-27-4-5-30(24)2)11-19(21)31-6-8-33-9-7-31/h4-5,10-13,29H,3,6-9H2,1-2H3,(H2,26,28). The zero-order valence-corrected chi connectivity index (χ0v) is 18.6. The maximum Gasteiger partial charge on any atom is 0.164 e. The number of nitrogens with zero attached hydrogens (tertiary/aromatic N) is 4. The lowest BCUT2D eigenvalue weighted by molar-refractivity contribution is 0.0989. The summed E-state index contributed by atoms with van der Waals surface area (Å²) in [6.45, 7) is 4.20. The number of Topliss-reactive ketones (excluding diaryl/α,β-unsaturated/α-hetero) is 1. The van der Waals surface area contributed by atoms with E-state index >= 15 is 4.39 Å². The van der Waals surface area contributed by atoms with Crippen LogP contribution >= 0.6 is 0 Å². The Morgan fingerprint density at radius 2 is 2.03 bits per heavy atom. The van der Waals surface area contributed by atoms with E-state index in [0.29, 0.717) is 71.8 Å². The number of hydrogen-bond acceptors (Lipinski definition) is 6. The van der Waals surface area contributed by atoms with Gasteiger partial charge in [-0.25, -0.2) is 14.4 Å². The van der Waals surface area contributed by atoms with Gasteiger partial charge in [0.2, 0.25) is 0 Å². The first kappa shape index (κ1) is 21.1. The molecule has 0 atom stereocenters. The van der Waals surface area contributed by atoms with Crippen LogP contribution in [-0.2, 0) is 11.8 Å². The summed E-state index contributed by atoms with van der Waals surface area (Å²) in [5.74, 6) is 0.508. The van der Waals surface area contributed by atoms with E-state index < -0.39 is 5.82 Å². The zero-order valence-electron chi connectivity index (χ0n) is 18.6. The number of halogens is 1. The largest absolute Gasteiger partial charge is 0.382 e. The SMILES string of the molecule is CCC(=O)c1cnc(N)c2[nH]c(-c3c(F)cc(-c4nccn4C)cc3N3CCOCC3)cc12. The number of hydrogen-bond donors (Lipinski definition) is 2. The smallest absolute Gasteiger partial charge is 0.164 e. The molecule has 33 heavy (non-hydrogen) atoms. The molecule has 9 heteroatoms. The third kappa shape index (κ3) is 3.64. The summed E-state index contributed by atoms with van der Waals surface area (Å²) in [5, 5.41) is 0.643. The van der Waals surface area contributed by atoms with Crippen molar-refractivity contribution >= 4 is 28.2 Å². The molecule has 0 radical (unpaired) electrons. The molecule has 0 spiro atoms. The summed E-state index contributed by atoms with van der Waals surface area (Å²) >= 11 is 0. The topological polar surface area (TPSA) is 102 Å². The number of rotatable bonds is 5. The summed E-state index contributed by atoms with van der Waals surface area (Å²) in [7, 11) is 1.88. The molecule has 0 unspecified atom stereocenters. The number of benzene rings is 1. The van der Waals surface area contributed by atoms with Gasteiger partial charge in [-0.05, 0) is 18.2 Å². The van der Waals surface area contributed by atoms with E-state index in [4.69, 9.17) is 10.5 Å². The fraction of sp³-hybridized carbons (Fsp3) is 0.292. The first-order valence-corrected chi connectivity index (χ1v) is 10.9. The molecule has 0 saturated carbocycles. The summed E-state index contributed by atoms with van der Waals surface area (Å²) < 4.78 is 23.2. The molecule has 5 rings (SSSR count). The fourth-order valence-electron chi connectivity index (χ4n) is 4.37. The van der Waals surface area contributed by atoms with E-state index in [2.05, 4.69) is 19.9 Å². The Bertz CT molecular complexity index is 1350. The highest BCUT2D eigenvalue weighted by Gasteiger charge is 2.24. The molecule has 3 N–H and O–H groups in total. The maximum absolute atomic E-state index is 15.8. The molecule has 0 bridgehead atoms. The second kappa shape index (κ2) is 8.32. The van der Waals surface area contributed by atoms with E-state index in [0.717, 1.165) is 5.69 Å². The van der Waals surface area contributed by atoms with Gasteiger partial charge in [-0.1, -0.05) is 6.92 Å². The quantitative estimate of drug-likeness (QED) is 0.451. The summed E-state index contributed by atoms with van der Waals surface area (Å²) in [6, 6.07) is 5.24. The molecular formula is C24H25FN6O2. The molecule has 4 heterocycles. The van der Waals surface area contributed by atoms with Crippen molar-refractivity contribution in [1.29, 1.82) is 0 Å². The van der Waals surface area contributed by atoms with Crippen LogP contribution in [0.4, 0.5) is 15.9 Å². The number of carbonyl (C=O) groups is 1. The lowest BCUT2D eigenvalue weighted by Crippen LogP contribution is -2.36. The number of nitrogens with two attached hydrogens (primary N) is 1. The van der Waals surface area contributed by atoms with Gasteiger partial charge in [0.05, 0.1) is 30.0 Å². The Hall–Kier alpha value is -3.72. The molecule has 1 aliphatic heterocycles. The zero-order chi connectivity index (χ0) is 23.1. The van der Waals surface area contributed by atoms with Gasteiger partial charge >= 0.3 is 0 Å². The monoisotopic (exact) mass is 448 g/mol. The van der Waals surface area contributed by atoms with Crippen LogP contribution in [0, 0.1) is 5.82 Å². The van der Waals surface area contributed by atoms with Crippen LogP contribution in [-0.4, -0.2) is 51.6 Å². The Morgan fingerprint density at radius 3 is 2.73 bits per heavy atom. The second-order valence-corrected chi connectivity index (χ2v) is 8.12. The van der Waals surface area contributed by atoms with Crippen molar-refractivity contribution < 1.29 is 13.9 Å². The van der Waals surface area contributed by atoms with Gasteiger partial charge in [-0.15, -0.1) is 0 Å². The predicted octanol–water partition coefficient (Wildman–Crippen LogP) is 3.78.